The van der Waals surface area contributed by atoms with E-state index in [1.165, 1.54) is 57.8 Å². The van der Waals surface area contributed by atoms with E-state index < -0.39 is 0 Å². The molecule has 1 aromatic rings. The molecule has 3 rings (SSSR count). The minimum absolute atomic E-state index is 0.0882. The van der Waals surface area contributed by atoms with Gasteiger partial charge in [-0.2, -0.15) is 0 Å². The SMILES string of the molecule is CCCCCC1CCCCC1CCCOc1ccc(C(=O)OC2CCC(C)CC2)cc1. The van der Waals surface area contributed by atoms with E-state index in [9.17, 15) is 4.79 Å². The second-order valence-electron chi connectivity index (χ2n) is 10.1. The molecule has 2 aliphatic rings. The Morgan fingerprint density at radius 1 is 0.871 bits per heavy atom. The molecule has 2 fully saturated rings. The number of rotatable bonds is 11. The van der Waals surface area contributed by atoms with Gasteiger partial charge in [0.25, 0.3) is 0 Å². The van der Waals surface area contributed by atoms with Gasteiger partial charge in [0.15, 0.2) is 0 Å². The van der Waals surface area contributed by atoms with E-state index in [2.05, 4.69) is 13.8 Å². The van der Waals surface area contributed by atoms with Crippen molar-refractivity contribution < 1.29 is 14.3 Å². The molecule has 2 atom stereocenters. The van der Waals surface area contributed by atoms with Gasteiger partial charge in [0.05, 0.1) is 12.2 Å². The summed E-state index contributed by atoms with van der Waals surface area (Å²) in [6.45, 7) is 5.34. The zero-order chi connectivity index (χ0) is 21.9. The zero-order valence-electron chi connectivity index (χ0n) is 20.0. The summed E-state index contributed by atoms with van der Waals surface area (Å²) in [5.41, 5.74) is 0.628. The van der Waals surface area contributed by atoms with Gasteiger partial charge in [-0.1, -0.05) is 65.2 Å². The topological polar surface area (TPSA) is 35.5 Å². The maximum atomic E-state index is 12.4. The van der Waals surface area contributed by atoms with Crippen LogP contribution in [-0.4, -0.2) is 18.7 Å². The highest BCUT2D eigenvalue weighted by molar-refractivity contribution is 5.89. The summed E-state index contributed by atoms with van der Waals surface area (Å²) in [7, 11) is 0. The molecule has 0 bridgehead atoms. The third-order valence-corrected chi connectivity index (χ3v) is 7.56. The summed E-state index contributed by atoms with van der Waals surface area (Å²) in [6, 6.07) is 7.50. The van der Waals surface area contributed by atoms with Crippen LogP contribution in [0.4, 0.5) is 0 Å². The van der Waals surface area contributed by atoms with Crippen molar-refractivity contribution in [1.82, 2.24) is 0 Å². The maximum Gasteiger partial charge on any atom is 0.338 e. The number of hydrogen-bond acceptors (Lipinski definition) is 3. The van der Waals surface area contributed by atoms with Crippen molar-refractivity contribution in [2.45, 2.75) is 110 Å². The fourth-order valence-corrected chi connectivity index (χ4v) is 5.49. The van der Waals surface area contributed by atoms with E-state index in [-0.39, 0.29) is 12.1 Å². The van der Waals surface area contributed by atoms with Crippen molar-refractivity contribution in [3.63, 3.8) is 0 Å². The lowest BCUT2D eigenvalue weighted by Gasteiger charge is -2.31. The summed E-state index contributed by atoms with van der Waals surface area (Å²) >= 11 is 0. The largest absolute Gasteiger partial charge is 0.494 e. The van der Waals surface area contributed by atoms with Gasteiger partial charge in [-0.05, 0) is 80.5 Å². The Hall–Kier alpha value is -1.51. The molecule has 0 heterocycles. The van der Waals surface area contributed by atoms with Crippen LogP contribution in [0.15, 0.2) is 24.3 Å². The second-order valence-corrected chi connectivity index (χ2v) is 10.1. The average molecular weight is 429 g/mol. The Morgan fingerprint density at radius 3 is 2.16 bits per heavy atom. The standard InChI is InChI=1S/C28H44O3/c1-3-4-5-9-23-10-6-7-11-24(23)12-8-21-30-26-19-15-25(16-20-26)28(29)31-27-17-13-22(2)14-18-27/h15-16,19-20,22-24,27H,3-14,17-18,21H2,1-2H3. The molecule has 0 aromatic heterocycles. The molecule has 0 amide bonds. The fourth-order valence-electron chi connectivity index (χ4n) is 5.49. The van der Waals surface area contributed by atoms with Crippen molar-refractivity contribution in [2.24, 2.45) is 17.8 Å². The first-order valence-corrected chi connectivity index (χ1v) is 13.1. The van der Waals surface area contributed by atoms with E-state index in [4.69, 9.17) is 9.47 Å². The molecule has 1 aromatic carbocycles. The molecule has 3 heteroatoms. The van der Waals surface area contributed by atoms with Gasteiger partial charge in [-0.3, -0.25) is 0 Å². The first-order valence-electron chi connectivity index (χ1n) is 13.1. The summed E-state index contributed by atoms with van der Waals surface area (Å²) < 4.78 is 11.7. The van der Waals surface area contributed by atoms with Crippen LogP contribution >= 0.6 is 0 Å². The van der Waals surface area contributed by atoms with Crippen LogP contribution in [0.25, 0.3) is 0 Å². The molecule has 2 aliphatic carbocycles. The molecule has 0 aliphatic heterocycles. The number of benzene rings is 1. The van der Waals surface area contributed by atoms with Gasteiger partial charge in [-0.15, -0.1) is 0 Å². The number of carbonyl (C=O) groups is 1. The minimum atomic E-state index is -0.197. The number of carbonyl (C=O) groups excluding carboxylic acids is 1. The lowest BCUT2D eigenvalue weighted by atomic mass is 9.74. The third-order valence-electron chi connectivity index (χ3n) is 7.56. The Labute approximate surface area is 190 Å². The third kappa shape index (κ3) is 8.16. The maximum absolute atomic E-state index is 12.4. The van der Waals surface area contributed by atoms with Crippen molar-refractivity contribution in [3.8, 4) is 5.75 Å². The molecule has 0 N–H and O–H groups in total. The monoisotopic (exact) mass is 428 g/mol. The molecule has 2 saturated carbocycles. The van der Waals surface area contributed by atoms with Crippen LogP contribution < -0.4 is 4.74 Å². The molecule has 0 radical (unpaired) electrons. The predicted molar refractivity (Wildman–Crippen MR) is 128 cm³/mol. The minimum Gasteiger partial charge on any atom is -0.494 e. The smallest absolute Gasteiger partial charge is 0.338 e. The summed E-state index contributed by atoms with van der Waals surface area (Å²) in [4.78, 5) is 12.4. The van der Waals surface area contributed by atoms with E-state index in [1.54, 1.807) is 0 Å². The Balaban J connectivity index is 1.35. The molecular weight excluding hydrogens is 384 g/mol. The van der Waals surface area contributed by atoms with Crippen molar-refractivity contribution in [3.05, 3.63) is 29.8 Å². The number of esters is 1. The van der Waals surface area contributed by atoms with E-state index >= 15 is 0 Å². The lowest BCUT2D eigenvalue weighted by Crippen LogP contribution is -2.23. The van der Waals surface area contributed by atoms with Gasteiger partial charge in [0, 0.05) is 0 Å². The van der Waals surface area contributed by atoms with Crippen LogP contribution in [0, 0.1) is 17.8 Å². The van der Waals surface area contributed by atoms with Crippen LogP contribution in [0.1, 0.15) is 114 Å². The molecule has 31 heavy (non-hydrogen) atoms. The molecular formula is C28H44O3. The molecule has 2 unspecified atom stereocenters. The molecule has 0 saturated heterocycles. The summed E-state index contributed by atoms with van der Waals surface area (Å²) in [5, 5.41) is 0. The number of ether oxygens (including phenoxy) is 2. The van der Waals surface area contributed by atoms with Crippen molar-refractivity contribution in [2.75, 3.05) is 6.61 Å². The van der Waals surface area contributed by atoms with Gasteiger partial charge in [-0.25, -0.2) is 4.79 Å². The summed E-state index contributed by atoms with van der Waals surface area (Å²) in [5.74, 6) is 3.26. The van der Waals surface area contributed by atoms with Gasteiger partial charge < -0.3 is 9.47 Å². The quantitative estimate of drug-likeness (QED) is 0.265. The van der Waals surface area contributed by atoms with Gasteiger partial charge in [0.1, 0.15) is 11.9 Å². The highest BCUT2D eigenvalue weighted by Crippen LogP contribution is 2.36. The Morgan fingerprint density at radius 2 is 1.52 bits per heavy atom. The zero-order valence-corrected chi connectivity index (χ0v) is 20.0. The highest BCUT2D eigenvalue weighted by atomic mass is 16.5. The van der Waals surface area contributed by atoms with Gasteiger partial charge >= 0.3 is 5.97 Å². The Kier molecular flexibility index (Phi) is 10.2. The van der Waals surface area contributed by atoms with E-state index in [0.29, 0.717) is 5.56 Å². The normalized spacial score (nSPS) is 26.4. The van der Waals surface area contributed by atoms with E-state index in [0.717, 1.165) is 62.2 Å². The Bertz CT molecular complexity index is 630. The number of unbranched alkanes of at least 4 members (excludes halogenated alkanes) is 2. The van der Waals surface area contributed by atoms with Crippen LogP contribution in [0.2, 0.25) is 0 Å². The molecule has 0 spiro atoms. The molecule has 3 nitrogen and oxygen atoms in total. The first kappa shape index (κ1) is 24.1. The highest BCUT2D eigenvalue weighted by Gasteiger charge is 2.24. The van der Waals surface area contributed by atoms with Crippen LogP contribution in [-0.2, 0) is 4.74 Å². The lowest BCUT2D eigenvalue weighted by molar-refractivity contribution is 0.0174. The van der Waals surface area contributed by atoms with Crippen molar-refractivity contribution >= 4 is 5.97 Å². The van der Waals surface area contributed by atoms with Crippen molar-refractivity contribution in [1.29, 1.82) is 0 Å². The first-order chi connectivity index (χ1) is 15.2. The molecule has 174 valence electrons. The second kappa shape index (κ2) is 13.1. The fraction of sp³-hybridized carbons (Fsp3) is 0.750. The van der Waals surface area contributed by atoms with Crippen LogP contribution in [0.3, 0.4) is 0 Å². The van der Waals surface area contributed by atoms with E-state index in [1.807, 2.05) is 24.3 Å². The van der Waals surface area contributed by atoms with Crippen LogP contribution in [0.5, 0.6) is 5.75 Å². The average Bonchev–Trinajstić information content (AvgIpc) is 2.79. The van der Waals surface area contributed by atoms with Gasteiger partial charge in [0.2, 0.25) is 0 Å². The predicted octanol–water partition coefficient (Wildman–Crippen LogP) is 7.97. The number of hydrogen-bond donors (Lipinski definition) is 0. The summed E-state index contributed by atoms with van der Waals surface area (Å²) in [6.07, 6.45) is 18.0.